The zero-order valence-corrected chi connectivity index (χ0v) is 27.6. The minimum absolute atomic E-state index is 0.0875. The number of methoxy groups -OCH3 is 4. The van der Waals surface area contributed by atoms with Crippen LogP contribution < -0.4 is 35.6 Å². The predicted molar refractivity (Wildman–Crippen MR) is 176 cm³/mol. The normalized spacial score (nSPS) is 16.5. The van der Waals surface area contributed by atoms with E-state index in [1.165, 1.54) is 14.0 Å². The maximum Gasteiger partial charge on any atom is 0.306 e. The summed E-state index contributed by atoms with van der Waals surface area (Å²) in [5.41, 5.74) is 3.06. The summed E-state index contributed by atoms with van der Waals surface area (Å²) >= 11 is 0. The number of benzene rings is 1. The smallest absolute Gasteiger partial charge is 0.306 e. The third-order valence-corrected chi connectivity index (χ3v) is 9.13. The van der Waals surface area contributed by atoms with Gasteiger partial charge in [-0.25, -0.2) is 0 Å². The molecule has 0 aliphatic heterocycles. The van der Waals surface area contributed by atoms with E-state index in [-0.39, 0.29) is 35.0 Å². The molecule has 0 unspecified atom stereocenters. The summed E-state index contributed by atoms with van der Waals surface area (Å²) in [5, 5.41) is 9.26. The van der Waals surface area contributed by atoms with Crippen LogP contribution in [0.1, 0.15) is 81.9 Å². The number of hydrogen-bond donors (Lipinski definition) is 3. The molecule has 1 fully saturated rings. The number of carbonyl (C=O) groups excluding carboxylic acids is 3. The van der Waals surface area contributed by atoms with Crippen LogP contribution in [0.25, 0.3) is 11.1 Å². The lowest BCUT2D eigenvalue weighted by Crippen LogP contribution is -2.40. The number of anilines is 1. The zero-order valence-electron chi connectivity index (χ0n) is 27.6. The first-order chi connectivity index (χ1) is 22.1. The summed E-state index contributed by atoms with van der Waals surface area (Å²) in [5.74, 6) is 0.938. The molecule has 11 heteroatoms. The Morgan fingerprint density at radius 1 is 0.957 bits per heavy atom. The first-order valence-corrected chi connectivity index (χ1v) is 16.0. The molecular weight excluding hydrogens is 590 g/mol. The van der Waals surface area contributed by atoms with Gasteiger partial charge >= 0.3 is 5.97 Å². The van der Waals surface area contributed by atoms with E-state index in [0.717, 1.165) is 48.8 Å². The van der Waals surface area contributed by atoms with Gasteiger partial charge in [0.2, 0.25) is 23.0 Å². The van der Waals surface area contributed by atoms with Crippen molar-refractivity contribution in [3.05, 3.63) is 45.6 Å². The van der Waals surface area contributed by atoms with Gasteiger partial charge in [-0.2, -0.15) is 0 Å². The third kappa shape index (κ3) is 8.10. The van der Waals surface area contributed by atoms with E-state index < -0.39 is 6.04 Å². The first kappa shape index (κ1) is 34.6. The molecule has 2 aliphatic carbocycles. The van der Waals surface area contributed by atoms with Gasteiger partial charge in [0.15, 0.2) is 11.5 Å². The van der Waals surface area contributed by atoms with Gasteiger partial charge in [0.25, 0.3) is 0 Å². The van der Waals surface area contributed by atoms with Gasteiger partial charge in [0.1, 0.15) is 0 Å². The van der Waals surface area contributed by atoms with Crippen LogP contribution in [0, 0.1) is 5.41 Å². The second kappa shape index (κ2) is 15.8. The van der Waals surface area contributed by atoms with Crippen molar-refractivity contribution in [1.82, 2.24) is 10.6 Å². The summed E-state index contributed by atoms with van der Waals surface area (Å²) in [6.07, 6.45) is 7.29. The van der Waals surface area contributed by atoms with Crippen molar-refractivity contribution >= 4 is 23.5 Å². The fraction of sp³-hybridized carbons (Fsp3) is 0.543. The minimum Gasteiger partial charge on any atom is -0.493 e. The monoisotopic (exact) mass is 637 g/mol. The summed E-state index contributed by atoms with van der Waals surface area (Å²) in [7, 11) is 6.07. The molecule has 0 heterocycles. The maximum atomic E-state index is 13.5. The van der Waals surface area contributed by atoms with Crippen LogP contribution >= 0.6 is 0 Å². The Bertz CT molecular complexity index is 1490. The Balaban J connectivity index is 1.52. The van der Waals surface area contributed by atoms with Gasteiger partial charge < -0.3 is 34.9 Å². The lowest BCUT2D eigenvalue weighted by molar-refractivity contribution is -0.144. The number of carbonyl (C=O) groups is 3. The van der Waals surface area contributed by atoms with Crippen molar-refractivity contribution in [2.45, 2.75) is 77.2 Å². The highest BCUT2D eigenvalue weighted by molar-refractivity contribution is 5.84. The molecule has 3 N–H and O–H groups in total. The molecule has 2 amide bonds. The summed E-state index contributed by atoms with van der Waals surface area (Å²) in [6.45, 7) is 2.32. The minimum atomic E-state index is -0.398. The van der Waals surface area contributed by atoms with Crippen molar-refractivity contribution in [3.8, 4) is 28.4 Å². The van der Waals surface area contributed by atoms with E-state index in [1.807, 2.05) is 12.1 Å². The highest BCUT2D eigenvalue weighted by Gasteiger charge is 2.35. The van der Waals surface area contributed by atoms with Crippen LogP contribution in [-0.2, 0) is 25.5 Å². The molecule has 1 atom stereocenters. The van der Waals surface area contributed by atoms with E-state index in [1.54, 1.807) is 33.5 Å². The standard InChI is InChI=1S/C35H47N3O8/c1-22(39)38-26-13-11-23-18-29(43-2)33(45-4)34(46-5)32(23)24-12-14-27(28(40)19-25(24)26)36-17-9-10-30(41)37-21-35(20-31(42)44-3)15-7-6-8-16-35/h12,14,18-19,26H,6-11,13,15-17,20-21H2,1-5H3,(H,36,40)(H,37,41)(H,38,39)/t26-/m0/s1. The number of aryl methyl sites for hydroxylation is 1. The van der Waals surface area contributed by atoms with Crippen molar-refractivity contribution < 1.29 is 33.3 Å². The number of rotatable bonds is 13. The van der Waals surface area contributed by atoms with Crippen LogP contribution in [-0.4, -0.2) is 59.3 Å². The maximum absolute atomic E-state index is 13.5. The number of nitrogens with one attached hydrogen (secondary N) is 3. The Kier molecular flexibility index (Phi) is 11.9. The van der Waals surface area contributed by atoms with Gasteiger partial charge in [0.05, 0.1) is 46.6 Å². The molecule has 0 saturated heterocycles. The topological polar surface area (TPSA) is 141 Å². The molecule has 0 bridgehead atoms. The molecule has 46 heavy (non-hydrogen) atoms. The van der Waals surface area contributed by atoms with Crippen molar-refractivity contribution in [1.29, 1.82) is 0 Å². The molecule has 2 aromatic carbocycles. The van der Waals surface area contributed by atoms with E-state index >= 15 is 0 Å². The molecule has 11 nitrogen and oxygen atoms in total. The SMILES string of the molecule is COC(=O)CC1(CNC(=O)CCCNc2ccc3c(cc2=O)[C@@H](NC(C)=O)CCc2cc(OC)c(OC)c(OC)c2-3)CCCCC1. The number of ether oxygens (including phenoxy) is 4. The fourth-order valence-electron chi connectivity index (χ4n) is 6.80. The second-order valence-corrected chi connectivity index (χ2v) is 12.2. The van der Waals surface area contributed by atoms with Crippen LogP contribution in [0.3, 0.4) is 0 Å². The van der Waals surface area contributed by atoms with E-state index in [4.69, 9.17) is 18.9 Å². The average molecular weight is 638 g/mol. The number of amides is 2. The molecule has 0 spiro atoms. The lowest BCUT2D eigenvalue weighted by atomic mass is 9.71. The molecule has 2 aromatic rings. The van der Waals surface area contributed by atoms with E-state index in [2.05, 4.69) is 16.0 Å². The lowest BCUT2D eigenvalue weighted by Gasteiger charge is -2.36. The van der Waals surface area contributed by atoms with E-state index in [9.17, 15) is 19.2 Å². The van der Waals surface area contributed by atoms with Crippen LogP contribution in [0.15, 0.2) is 29.1 Å². The Hall–Kier alpha value is -4.28. The Labute approximate surface area is 270 Å². The highest BCUT2D eigenvalue weighted by atomic mass is 16.5. The summed E-state index contributed by atoms with van der Waals surface area (Å²) in [4.78, 5) is 50.5. The molecule has 2 aliphatic rings. The summed E-state index contributed by atoms with van der Waals surface area (Å²) < 4.78 is 22.0. The van der Waals surface area contributed by atoms with Crippen LogP contribution in [0.2, 0.25) is 0 Å². The van der Waals surface area contributed by atoms with Crippen LogP contribution in [0.4, 0.5) is 5.69 Å². The van der Waals surface area contributed by atoms with E-state index in [0.29, 0.717) is 67.3 Å². The molecular formula is C35H47N3O8. The van der Waals surface area contributed by atoms with Crippen molar-refractivity contribution in [3.63, 3.8) is 0 Å². The van der Waals surface area contributed by atoms with Gasteiger partial charge in [0, 0.05) is 32.0 Å². The van der Waals surface area contributed by atoms with Crippen molar-refractivity contribution in [2.24, 2.45) is 5.41 Å². The fourth-order valence-corrected chi connectivity index (χ4v) is 6.80. The molecule has 0 radical (unpaired) electrons. The van der Waals surface area contributed by atoms with Crippen LogP contribution in [0.5, 0.6) is 17.2 Å². The number of hydrogen-bond acceptors (Lipinski definition) is 9. The second-order valence-electron chi connectivity index (χ2n) is 12.2. The average Bonchev–Trinajstić information content (AvgIpc) is 3.29. The van der Waals surface area contributed by atoms with Gasteiger partial charge in [-0.15, -0.1) is 0 Å². The number of esters is 1. The van der Waals surface area contributed by atoms with Gasteiger partial charge in [-0.05, 0) is 72.4 Å². The molecule has 4 rings (SSSR count). The quantitative estimate of drug-likeness (QED) is 0.211. The zero-order chi connectivity index (χ0) is 33.3. The molecule has 1 saturated carbocycles. The first-order valence-electron chi connectivity index (χ1n) is 16.0. The Morgan fingerprint density at radius 3 is 2.35 bits per heavy atom. The Morgan fingerprint density at radius 2 is 1.70 bits per heavy atom. The molecule has 0 aromatic heterocycles. The summed E-state index contributed by atoms with van der Waals surface area (Å²) in [6, 6.07) is 6.68. The number of fused-ring (bicyclic) bond motifs is 3. The highest BCUT2D eigenvalue weighted by Crippen LogP contribution is 2.50. The van der Waals surface area contributed by atoms with Gasteiger partial charge in [-0.1, -0.05) is 25.3 Å². The third-order valence-electron chi connectivity index (χ3n) is 9.13. The van der Waals surface area contributed by atoms with Crippen molar-refractivity contribution in [2.75, 3.05) is 46.8 Å². The molecule has 250 valence electrons. The largest absolute Gasteiger partial charge is 0.493 e. The van der Waals surface area contributed by atoms with Gasteiger partial charge in [-0.3, -0.25) is 19.2 Å². The predicted octanol–water partition coefficient (Wildman–Crippen LogP) is 4.68.